The summed E-state index contributed by atoms with van der Waals surface area (Å²) in [6, 6.07) is 41.2. The quantitative estimate of drug-likeness (QED) is 0.146. The molecule has 3 aromatic heterocycles. The maximum Gasteiger partial charge on any atom is 0.137 e. The molecule has 252 valence electrons. The van der Waals surface area contributed by atoms with Gasteiger partial charge in [-0.25, -0.2) is 9.67 Å². The molecule has 0 aliphatic heterocycles. The Morgan fingerprint density at radius 3 is 2.20 bits per heavy atom. The summed E-state index contributed by atoms with van der Waals surface area (Å²) in [7, 11) is 0. The van der Waals surface area contributed by atoms with E-state index in [2.05, 4.69) is 99.1 Å². The van der Waals surface area contributed by atoms with E-state index in [0.717, 1.165) is 86.0 Å². The highest BCUT2D eigenvalue weighted by Gasteiger charge is 2.16. The van der Waals surface area contributed by atoms with Crippen LogP contribution in [-0.4, -0.2) is 19.3 Å². The number of pyridine rings is 1. The van der Waals surface area contributed by atoms with Crippen molar-refractivity contribution in [2.45, 2.75) is 40.5 Å². The van der Waals surface area contributed by atoms with Crippen molar-refractivity contribution < 1.29 is 9.47 Å². The molecule has 0 fully saturated rings. The second-order valence-corrected chi connectivity index (χ2v) is 13.6. The van der Waals surface area contributed by atoms with Gasteiger partial charge in [-0.1, -0.05) is 56.3 Å². The molecule has 51 heavy (non-hydrogen) atoms. The minimum Gasteiger partial charge on any atom is -0.457 e. The molecule has 0 aliphatic carbocycles. The van der Waals surface area contributed by atoms with Crippen molar-refractivity contribution in [3.63, 3.8) is 0 Å². The van der Waals surface area contributed by atoms with Gasteiger partial charge in [-0.3, -0.25) is 4.57 Å². The first-order valence-corrected chi connectivity index (χ1v) is 17.6. The van der Waals surface area contributed by atoms with Gasteiger partial charge in [0.25, 0.3) is 0 Å². The monoisotopic (exact) mass is 668 g/mol. The average Bonchev–Trinajstić information content (AvgIpc) is 3.74. The molecule has 0 atom stereocenters. The Kier molecular flexibility index (Phi) is 8.58. The number of benzene rings is 5. The Labute approximate surface area is 298 Å². The fourth-order valence-electron chi connectivity index (χ4n) is 6.94. The maximum absolute atomic E-state index is 6.53. The summed E-state index contributed by atoms with van der Waals surface area (Å²) < 4.78 is 16.8. The van der Waals surface area contributed by atoms with Crippen LogP contribution < -0.4 is 9.47 Å². The largest absolute Gasteiger partial charge is 0.457 e. The summed E-state index contributed by atoms with van der Waals surface area (Å²) in [6.45, 7) is 8.76. The van der Waals surface area contributed by atoms with E-state index in [1.54, 1.807) is 0 Å². The molecule has 0 spiro atoms. The van der Waals surface area contributed by atoms with Crippen LogP contribution >= 0.6 is 0 Å². The van der Waals surface area contributed by atoms with Gasteiger partial charge in [0.1, 0.15) is 28.8 Å². The predicted molar refractivity (Wildman–Crippen MR) is 207 cm³/mol. The SMILES string of the molecule is Cc1cc(Oc2ccccc2)cc(C)c1-c1cnn(-c2cccc(Oc3ccc4c5ccccc5n(-c5cc(CCC(C)C)ccn5)c4c3)c2)c1. The van der Waals surface area contributed by atoms with Crippen LogP contribution in [0.5, 0.6) is 23.0 Å². The normalized spacial score (nSPS) is 11.5. The van der Waals surface area contributed by atoms with E-state index in [0.29, 0.717) is 5.92 Å². The van der Waals surface area contributed by atoms with Gasteiger partial charge in [-0.05, 0) is 122 Å². The minimum absolute atomic E-state index is 0.648. The molecule has 0 amide bonds. The molecular weight excluding hydrogens is 629 g/mol. The Morgan fingerprint density at radius 1 is 0.647 bits per heavy atom. The third kappa shape index (κ3) is 6.61. The molecule has 6 nitrogen and oxygen atoms in total. The molecule has 0 saturated heterocycles. The van der Waals surface area contributed by atoms with Crippen molar-refractivity contribution in [1.29, 1.82) is 0 Å². The molecule has 8 rings (SSSR count). The van der Waals surface area contributed by atoms with Crippen LogP contribution in [-0.2, 0) is 6.42 Å². The predicted octanol–water partition coefficient (Wildman–Crippen LogP) is 11.8. The number of hydrogen-bond acceptors (Lipinski definition) is 4. The van der Waals surface area contributed by atoms with Gasteiger partial charge < -0.3 is 9.47 Å². The van der Waals surface area contributed by atoms with Crippen LogP contribution in [0.4, 0.5) is 0 Å². The molecule has 0 bridgehead atoms. The fourth-order valence-corrected chi connectivity index (χ4v) is 6.94. The minimum atomic E-state index is 0.648. The van der Waals surface area contributed by atoms with Crippen LogP contribution in [0.2, 0.25) is 0 Å². The van der Waals surface area contributed by atoms with E-state index in [4.69, 9.17) is 19.6 Å². The highest BCUT2D eigenvalue weighted by atomic mass is 16.5. The molecule has 3 heterocycles. The fraction of sp³-hybridized carbons (Fsp3) is 0.156. The zero-order chi connectivity index (χ0) is 34.9. The number of fused-ring (bicyclic) bond motifs is 3. The summed E-state index contributed by atoms with van der Waals surface area (Å²) in [6.07, 6.45) is 8.08. The van der Waals surface area contributed by atoms with Crippen molar-refractivity contribution in [3.05, 3.63) is 157 Å². The lowest BCUT2D eigenvalue weighted by atomic mass is 9.98. The number of aromatic nitrogens is 4. The summed E-state index contributed by atoms with van der Waals surface area (Å²) in [5.74, 6) is 4.69. The molecule has 0 N–H and O–H groups in total. The van der Waals surface area contributed by atoms with Gasteiger partial charge in [0, 0.05) is 40.9 Å². The zero-order valence-corrected chi connectivity index (χ0v) is 29.4. The standard InChI is InChI=1S/C45H40N4O2/c1-30(2)17-18-33-21-22-46-44(25-33)49-42-16-9-8-15-40(42)41-20-19-38(27-43(41)49)51-37-14-10-11-35(26-37)48-29-34(28-47-48)45-31(3)23-39(24-32(45)4)50-36-12-6-5-7-13-36/h5-16,19-30H,17-18H2,1-4H3. The van der Waals surface area contributed by atoms with Gasteiger partial charge in [0.2, 0.25) is 0 Å². The van der Waals surface area contributed by atoms with Crippen molar-refractivity contribution >= 4 is 21.8 Å². The van der Waals surface area contributed by atoms with Gasteiger partial charge in [-0.2, -0.15) is 5.10 Å². The summed E-state index contributed by atoms with van der Waals surface area (Å²) in [5.41, 5.74) is 8.84. The van der Waals surface area contributed by atoms with Crippen molar-refractivity contribution in [2.24, 2.45) is 5.92 Å². The number of rotatable bonds is 10. The van der Waals surface area contributed by atoms with Crippen LogP contribution in [0.25, 0.3) is 44.4 Å². The van der Waals surface area contributed by atoms with Crippen LogP contribution in [0.3, 0.4) is 0 Å². The molecule has 6 heteroatoms. The third-order valence-corrected chi connectivity index (χ3v) is 9.37. The number of ether oxygens (including phenoxy) is 2. The number of nitrogens with zero attached hydrogens (tertiary/aromatic N) is 4. The lowest BCUT2D eigenvalue weighted by Crippen LogP contribution is -2.00. The molecule has 0 radical (unpaired) electrons. The van der Waals surface area contributed by atoms with Gasteiger partial charge in [0.05, 0.1) is 22.9 Å². The Bertz CT molecular complexity index is 2470. The van der Waals surface area contributed by atoms with E-state index < -0.39 is 0 Å². The van der Waals surface area contributed by atoms with Crippen LogP contribution in [0.1, 0.15) is 37.0 Å². The third-order valence-electron chi connectivity index (χ3n) is 9.37. The highest BCUT2D eigenvalue weighted by molar-refractivity contribution is 6.09. The van der Waals surface area contributed by atoms with E-state index in [1.807, 2.05) is 77.7 Å². The summed E-state index contributed by atoms with van der Waals surface area (Å²) in [5, 5.41) is 7.09. The molecule has 8 aromatic rings. The Hall–Kier alpha value is -6.14. The van der Waals surface area contributed by atoms with Crippen molar-refractivity contribution in [2.75, 3.05) is 0 Å². The van der Waals surface area contributed by atoms with Gasteiger partial charge >= 0.3 is 0 Å². The van der Waals surface area contributed by atoms with Crippen molar-refractivity contribution in [3.8, 4) is 45.6 Å². The summed E-state index contributed by atoms with van der Waals surface area (Å²) >= 11 is 0. The smallest absolute Gasteiger partial charge is 0.137 e. The van der Waals surface area contributed by atoms with Gasteiger partial charge in [-0.15, -0.1) is 0 Å². The molecule has 0 unspecified atom stereocenters. The highest BCUT2D eigenvalue weighted by Crippen LogP contribution is 2.36. The van der Waals surface area contributed by atoms with Crippen LogP contribution in [0.15, 0.2) is 140 Å². The Morgan fingerprint density at radius 2 is 1.37 bits per heavy atom. The van der Waals surface area contributed by atoms with E-state index in [-0.39, 0.29) is 0 Å². The van der Waals surface area contributed by atoms with Gasteiger partial charge in [0.15, 0.2) is 0 Å². The topological polar surface area (TPSA) is 54.1 Å². The molecule has 0 saturated carbocycles. The zero-order valence-electron chi connectivity index (χ0n) is 29.4. The molecule has 0 aliphatic rings. The second kappa shape index (κ2) is 13.6. The second-order valence-electron chi connectivity index (χ2n) is 13.6. The lowest BCUT2D eigenvalue weighted by Gasteiger charge is -2.12. The Balaban J connectivity index is 1.08. The first kappa shape index (κ1) is 32.1. The van der Waals surface area contributed by atoms with E-state index in [9.17, 15) is 0 Å². The first-order valence-electron chi connectivity index (χ1n) is 17.6. The molecular formula is C45H40N4O2. The van der Waals surface area contributed by atoms with E-state index in [1.165, 1.54) is 10.9 Å². The maximum atomic E-state index is 6.53. The first-order chi connectivity index (χ1) is 24.9. The number of para-hydroxylation sites is 2. The number of aryl methyl sites for hydroxylation is 3. The lowest BCUT2D eigenvalue weighted by molar-refractivity contribution is 0.482. The average molecular weight is 669 g/mol. The van der Waals surface area contributed by atoms with E-state index >= 15 is 0 Å². The van der Waals surface area contributed by atoms with Crippen LogP contribution in [0, 0.1) is 19.8 Å². The van der Waals surface area contributed by atoms with Crippen molar-refractivity contribution in [1.82, 2.24) is 19.3 Å². The summed E-state index contributed by atoms with van der Waals surface area (Å²) in [4.78, 5) is 4.83. The number of hydrogen-bond donors (Lipinski definition) is 0. The molecule has 5 aromatic carbocycles.